The summed E-state index contributed by atoms with van der Waals surface area (Å²) in [5.74, 6) is -8.03. The third-order valence-electron chi connectivity index (χ3n) is 6.49. The number of nitrogens with zero attached hydrogens (tertiary/aromatic N) is 4. The van der Waals surface area contributed by atoms with Crippen molar-refractivity contribution in [2.24, 2.45) is 5.16 Å². The van der Waals surface area contributed by atoms with Gasteiger partial charge in [0.25, 0.3) is 11.8 Å². The largest absolute Gasteiger partial charge is 1.00 e. The molecule has 1 fully saturated rings. The van der Waals surface area contributed by atoms with E-state index in [1.165, 1.54) is 36.6 Å². The zero-order chi connectivity index (χ0) is 36.3. The Balaban J connectivity index is 0.00000324. The van der Waals surface area contributed by atoms with Gasteiger partial charge in [0.05, 0.1) is 33.4 Å². The molecule has 4 heterocycles. The van der Waals surface area contributed by atoms with Crippen LogP contribution in [0.5, 0.6) is 11.6 Å². The molecular formula is C27H19N6Na3O12S5. The minimum absolute atomic E-state index is 0. The van der Waals surface area contributed by atoms with Crippen molar-refractivity contribution in [3.63, 3.8) is 0 Å². The van der Waals surface area contributed by atoms with Crippen molar-refractivity contribution in [2.45, 2.75) is 32.9 Å². The zero-order valence-electron chi connectivity index (χ0n) is 27.9. The van der Waals surface area contributed by atoms with Crippen molar-refractivity contribution in [2.75, 3.05) is 17.2 Å². The van der Waals surface area contributed by atoms with E-state index in [0.29, 0.717) is 28.2 Å². The summed E-state index contributed by atoms with van der Waals surface area (Å²) < 4.78 is 8.57. The molecule has 0 bridgehead atoms. The SMILES string of the molecule is CC(=O)Oc1ccc(S[C@@H](O/N=C(\C(=O)N[C@@H]2C(=O)N3C(C(=O)[O-])=C(CSc4snc(O)c4C(=O)[O-])CS[C@@H]23)c2csc(N)n2)C(=O)[O-])cc1.[Na+].[Na+].[Na+]. The van der Waals surface area contributed by atoms with E-state index in [0.717, 1.165) is 39.8 Å². The standard InChI is InChI=1S/C27H22N6O12S5.3Na/c1-9(34)44-11-2-4-12(5-3-11)49-25(24(42)43)45-31-15(13-8-48-27(28)29-13)19(36)30-16-20(37)33-17(23(40)41)10(6-46-21(16)33)7-47-26-14(22(38)39)18(35)32-50-26;;;/h2-5,8,16,21,25H,6-7H2,1H3,(H2,28,29)(H,30,36)(H,32,35)(H,38,39)(H,40,41)(H,42,43);;;/q;3*+1/p-3/b31-15-;;;/t16-,21+,25-;;;/m1.../s1. The number of rotatable bonds is 14. The van der Waals surface area contributed by atoms with Crippen molar-refractivity contribution in [3.05, 3.63) is 52.2 Å². The second-order valence-electron chi connectivity index (χ2n) is 9.80. The van der Waals surface area contributed by atoms with Gasteiger partial charge in [0.1, 0.15) is 22.9 Å². The van der Waals surface area contributed by atoms with Crippen LogP contribution in [-0.4, -0.2) is 89.1 Å². The first-order valence-corrected chi connectivity index (χ1v) is 18.1. The Morgan fingerprint density at radius 3 is 2.38 bits per heavy atom. The number of amides is 2. The Bertz CT molecular complexity index is 1960. The maximum absolute atomic E-state index is 13.5. The number of aromatic hydroxyl groups is 1. The van der Waals surface area contributed by atoms with Gasteiger partial charge < -0.3 is 55.4 Å². The molecule has 18 nitrogen and oxygen atoms in total. The molecule has 2 amide bonds. The van der Waals surface area contributed by atoms with Crippen molar-refractivity contribution in [1.29, 1.82) is 0 Å². The van der Waals surface area contributed by atoms with E-state index in [-0.39, 0.29) is 127 Å². The molecule has 0 unspecified atom stereocenters. The Labute approximate surface area is 386 Å². The zero-order valence-corrected chi connectivity index (χ0v) is 38.0. The number of oxime groups is 1. The molecule has 53 heavy (non-hydrogen) atoms. The number of benzene rings is 1. The van der Waals surface area contributed by atoms with E-state index >= 15 is 0 Å². The van der Waals surface area contributed by atoms with Crippen LogP contribution in [0.25, 0.3) is 0 Å². The summed E-state index contributed by atoms with van der Waals surface area (Å²) in [5, 5.41) is 51.7. The number of hydrogen-bond donors (Lipinski definition) is 3. The van der Waals surface area contributed by atoms with E-state index in [9.17, 15) is 49.2 Å². The predicted octanol–water partition coefficient (Wildman–Crippen LogP) is -11.0. The summed E-state index contributed by atoms with van der Waals surface area (Å²) >= 11 is 4.23. The van der Waals surface area contributed by atoms with Gasteiger partial charge in [-0.2, -0.15) is 4.37 Å². The normalized spacial score (nSPS) is 16.7. The molecule has 1 saturated heterocycles. The Kier molecular flexibility index (Phi) is 18.7. The van der Waals surface area contributed by atoms with Gasteiger partial charge >= 0.3 is 94.6 Å². The van der Waals surface area contributed by atoms with Crippen molar-refractivity contribution < 1.29 is 147 Å². The number of aromatic carboxylic acids is 1. The summed E-state index contributed by atoms with van der Waals surface area (Å²) in [6, 6.07) is 4.47. The number of carboxylic acid groups (broad SMARTS) is 3. The second kappa shape index (κ2) is 20.9. The molecule has 2 aromatic heterocycles. The van der Waals surface area contributed by atoms with Crippen LogP contribution < -0.4 is 120 Å². The first-order chi connectivity index (χ1) is 23.7. The monoisotopic (exact) mass is 848 g/mol. The van der Waals surface area contributed by atoms with Gasteiger partial charge in [-0.1, -0.05) is 16.9 Å². The molecule has 0 aliphatic carbocycles. The van der Waals surface area contributed by atoms with Crippen LogP contribution in [0.3, 0.4) is 0 Å². The quantitative estimate of drug-likeness (QED) is 0.0198. The van der Waals surface area contributed by atoms with E-state index in [4.69, 9.17) is 15.3 Å². The summed E-state index contributed by atoms with van der Waals surface area (Å²) in [4.78, 5) is 83.7. The van der Waals surface area contributed by atoms with Crippen LogP contribution in [0.1, 0.15) is 23.0 Å². The predicted molar refractivity (Wildman–Crippen MR) is 172 cm³/mol. The first-order valence-electron chi connectivity index (χ1n) is 13.6. The Hall–Kier alpha value is -1.84. The maximum Gasteiger partial charge on any atom is 1.00 e. The van der Waals surface area contributed by atoms with E-state index in [1.807, 2.05) is 0 Å². The van der Waals surface area contributed by atoms with Crippen molar-refractivity contribution >= 4 is 105 Å². The van der Waals surface area contributed by atoms with Gasteiger partial charge in [-0.3, -0.25) is 19.3 Å². The van der Waals surface area contributed by atoms with Crippen LogP contribution in [0.4, 0.5) is 5.13 Å². The minimum atomic E-state index is -1.79. The molecule has 3 atom stereocenters. The molecule has 0 saturated carbocycles. The molecule has 0 radical (unpaired) electrons. The summed E-state index contributed by atoms with van der Waals surface area (Å²) in [6.07, 6.45) is 0. The fraction of sp³-hybridized carbons (Fsp3) is 0.222. The summed E-state index contributed by atoms with van der Waals surface area (Å²) in [6.45, 7) is 1.21. The van der Waals surface area contributed by atoms with Gasteiger partial charge in [-0.05, 0) is 41.4 Å². The molecule has 4 N–H and O–H groups in total. The van der Waals surface area contributed by atoms with Gasteiger partial charge in [0.2, 0.25) is 11.3 Å². The number of β-lactam (4-membered cyclic amide) rings is 1. The van der Waals surface area contributed by atoms with Gasteiger partial charge in [-0.15, -0.1) is 34.9 Å². The van der Waals surface area contributed by atoms with E-state index in [1.54, 1.807) is 0 Å². The fourth-order valence-electron chi connectivity index (χ4n) is 4.38. The number of carboxylic acids is 3. The average molecular weight is 849 g/mol. The number of esters is 1. The third-order valence-corrected chi connectivity index (χ3v) is 11.7. The van der Waals surface area contributed by atoms with Gasteiger partial charge in [-0.25, -0.2) is 4.98 Å². The summed E-state index contributed by atoms with van der Waals surface area (Å²) in [5.41, 5.74) is 2.48. The number of anilines is 1. The van der Waals surface area contributed by atoms with Crippen molar-refractivity contribution in [3.8, 4) is 11.6 Å². The number of aliphatic carboxylic acids is 2. The molecule has 2 aliphatic rings. The van der Waals surface area contributed by atoms with Crippen molar-refractivity contribution in [1.82, 2.24) is 19.6 Å². The number of nitrogen functional groups attached to an aromatic ring is 1. The Morgan fingerprint density at radius 2 is 1.81 bits per heavy atom. The molecule has 26 heteroatoms. The van der Waals surface area contributed by atoms with Crippen LogP contribution in [0.15, 0.2) is 55.2 Å². The number of thioether (sulfide) groups is 3. The molecule has 3 aromatic rings. The second-order valence-corrected chi connectivity index (χ2v) is 14.9. The summed E-state index contributed by atoms with van der Waals surface area (Å²) in [7, 11) is 0. The molecular weight excluding hydrogens is 830 g/mol. The third kappa shape index (κ3) is 11.4. The van der Waals surface area contributed by atoms with Crippen LogP contribution >= 0.6 is 58.2 Å². The number of thiazole rings is 1. The molecule has 262 valence electrons. The van der Waals surface area contributed by atoms with Crippen LogP contribution in [0, 0.1) is 0 Å². The number of aromatic nitrogens is 2. The van der Waals surface area contributed by atoms with Crippen LogP contribution in [0.2, 0.25) is 0 Å². The molecule has 1 aromatic carbocycles. The number of nitrogens with two attached hydrogens (primary N) is 1. The number of ether oxygens (including phenoxy) is 1. The minimum Gasteiger partial charge on any atom is -0.545 e. The molecule has 0 spiro atoms. The van der Waals surface area contributed by atoms with E-state index < -0.39 is 75.4 Å². The van der Waals surface area contributed by atoms with Gasteiger partial charge in [0.15, 0.2) is 10.8 Å². The number of hydrogen-bond acceptors (Lipinski definition) is 21. The number of fused-ring (bicyclic) bond motifs is 1. The van der Waals surface area contributed by atoms with Gasteiger partial charge in [0, 0.05) is 28.7 Å². The first kappa shape index (κ1) is 47.3. The van der Waals surface area contributed by atoms with E-state index in [2.05, 4.69) is 19.8 Å². The smallest absolute Gasteiger partial charge is 0.545 e. The molecule has 5 rings (SSSR count). The van der Waals surface area contributed by atoms with Crippen LogP contribution in [-0.2, 0) is 28.8 Å². The number of nitrogens with one attached hydrogen (secondary N) is 1. The topological polar surface area (TPSA) is 290 Å². The number of carbonyl (C=O) groups is 6. The Morgan fingerprint density at radius 1 is 1.13 bits per heavy atom. The number of carbonyl (C=O) groups excluding carboxylic acids is 6. The fourth-order valence-corrected chi connectivity index (χ4v) is 9.01. The average Bonchev–Trinajstić information content (AvgIpc) is 3.66. The molecule has 2 aliphatic heterocycles. The maximum atomic E-state index is 13.5.